The Kier molecular flexibility index (Phi) is 7.05. The summed E-state index contributed by atoms with van der Waals surface area (Å²) in [6, 6.07) is 4.79. The molecule has 0 amide bonds. The first-order valence-corrected chi connectivity index (χ1v) is 8.99. The van der Waals surface area contributed by atoms with Gasteiger partial charge in [-0.3, -0.25) is 9.59 Å². The lowest BCUT2D eigenvalue weighted by Crippen LogP contribution is -2.19. The first kappa shape index (κ1) is 21.0. The van der Waals surface area contributed by atoms with Crippen LogP contribution in [0.15, 0.2) is 18.2 Å². The van der Waals surface area contributed by atoms with Crippen molar-refractivity contribution in [1.82, 2.24) is 4.98 Å². The highest BCUT2D eigenvalue weighted by molar-refractivity contribution is 6.42. The van der Waals surface area contributed by atoms with Gasteiger partial charge in [-0.15, -0.1) is 0 Å². The Balaban J connectivity index is 2.06. The minimum absolute atomic E-state index is 0.0555. The van der Waals surface area contributed by atoms with E-state index in [0.717, 1.165) is 0 Å². The first-order valence-electron chi connectivity index (χ1n) is 8.23. The molecule has 0 fully saturated rings. The van der Waals surface area contributed by atoms with Crippen LogP contribution in [-0.4, -0.2) is 35.9 Å². The van der Waals surface area contributed by atoms with E-state index in [9.17, 15) is 14.4 Å². The van der Waals surface area contributed by atoms with Gasteiger partial charge in [-0.1, -0.05) is 29.3 Å². The number of H-pyrrole nitrogens is 1. The molecule has 0 atom stereocenters. The van der Waals surface area contributed by atoms with Crippen molar-refractivity contribution in [3.05, 3.63) is 56.3 Å². The average molecular weight is 412 g/mol. The molecule has 1 heterocycles. The summed E-state index contributed by atoms with van der Waals surface area (Å²) in [6.07, 6.45) is -0.0555. The highest BCUT2D eigenvalue weighted by atomic mass is 35.5. The van der Waals surface area contributed by atoms with Crippen molar-refractivity contribution in [3.63, 3.8) is 0 Å². The molecule has 0 unspecified atom stereocenters. The third-order valence-corrected chi connectivity index (χ3v) is 4.57. The third kappa shape index (κ3) is 5.11. The minimum Gasteiger partial charge on any atom is -0.462 e. The molecule has 1 N–H and O–H groups in total. The number of benzene rings is 1. The molecule has 0 bridgehead atoms. The van der Waals surface area contributed by atoms with E-state index in [1.165, 1.54) is 0 Å². The van der Waals surface area contributed by atoms with Crippen LogP contribution in [0.4, 0.5) is 0 Å². The fourth-order valence-corrected chi connectivity index (χ4v) is 2.99. The quantitative estimate of drug-likeness (QED) is 0.547. The largest absolute Gasteiger partial charge is 0.462 e. The predicted molar refractivity (Wildman–Crippen MR) is 102 cm³/mol. The van der Waals surface area contributed by atoms with Crippen molar-refractivity contribution in [1.29, 1.82) is 0 Å². The van der Waals surface area contributed by atoms with Gasteiger partial charge in [0.2, 0.25) is 5.78 Å². The molecule has 144 valence electrons. The van der Waals surface area contributed by atoms with Gasteiger partial charge in [-0.2, -0.15) is 0 Å². The number of carbonyl (C=O) groups is 3. The van der Waals surface area contributed by atoms with Crippen LogP contribution in [0.5, 0.6) is 0 Å². The summed E-state index contributed by atoms with van der Waals surface area (Å²) in [6.45, 7) is 4.73. The Morgan fingerprint density at radius 1 is 1.00 bits per heavy atom. The van der Waals surface area contributed by atoms with E-state index in [1.807, 2.05) is 0 Å². The van der Waals surface area contributed by atoms with Gasteiger partial charge < -0.3 is 14.5 Å². The number of ether oxygens (including phenoxy) is 2. The van der Waals surface area contributed by atoms with Crippen LogP contribution >= 0.6 is 23.2 Å². The van der Waals surface area contributed by atoms with Gasteiger partial charge in [-0.25, -0.2) is 4.79 Å². The topological polar surface area (TPSA) is 85.5 Å². The Morgan fingerprint density at radius 2 is 1.67 bits per heavy atom. The summed E-state index contributed by atoms with van der Waals surface area (Å²) in [5, 5.41) is 0.712. The maximum Gasteiger partial charge on any atom is 0.340 e. The number of aryl methyl sites for hydroxylation is 2. The van der Waals surface area contributed by atoms with Gasteiger partial charge in [0.15, 0.2) is 6.61 Å². The fraction of sp³-hybridized carbons (Fsp3) is 0.316. The number of halogens is 2. The SMILES string of the molecule is CCOC(=O)c1c(C)[nH]c(C)c1C(=O)COC(=O)Cc1ccc(Cl)c(Cl)c1. The molecule has 2 aromatic rings. The van der Waals surface area contributed by atoms with Crippen molar-refractivity contribution in [2.45, 2.75) is 27.2 Å². The second-order valence-corrected chi connectivity index (χ2v) is 6.67. The molecule has 1 aromatic heterocycles. The molecule has 0 radical (unpaired) electrons. The number of carbonyl (C=O) groups excluding carboxylic acids is 3. The van der Waals surface area contributed by atoms with Crippen LogP contribution in [0.3, 0.4) is 0 Å². The van der Waals surface area contributed by atoms with Crippen LogP contribution < -0.4 is 0 Å². The van der Waals surface area contributed by atoms with Gasteiger partial charge in [0.1, 0.15) is 0 Å². The van der Waals surface area contributed by atoms with Crippen molar-refractivity contribution >= 4 is 40.9 Å². The van der Waals surface area contributed by atoms with Crippen LogP contribution in [0.25, 0.3) is 0 Å². The number of esters is 2. The monoisotopic (exact) mass is 411 g/mol. The van der Waals surface area contributed by atoms with Gasteiger partial charge in [-0.05, 0) is 38.5 Å². The molecule has 6 nitrogen and oxygen atoms in total. The highest BCUT2D eigenvalue weighted by Gasteiger charge is 2.26. The predicted octanol–water partition coefficient (Wildman–Crippen LogP) is 4.08. The number of Topliss-reactive ketones (excluding diaryl/α,β-unsaturated/α-hetero) is 1. The van der Waals surface area contributed by atoms with E-state index in [2.05, 4.69) is 4.98 Å². The molecule has 0 aliphatic rings. The van der Waals surface area contributed by atoms with Crippen LogP contribution in [0.1, 0.15) is 44.6 Å². The molecule has 0 spiro atoms. The summed E-state index contributed by atoms with van der Waals surface area (Å²) >= 11 is 11.7. The molecule has 0 aliphatic carbocycles. The minimum atomic E-state index is -0.593. The molecule has 27 heavy (non-hydrogen) atoms. The number of hydrogen-bond acceptors (Lipinski definition) is 5. The number of rotatable bonds is 7. The van der Waals surface area contributed by atoms with E-state index in [0.29, 0.717) is 27.0 Å². The molecule has 0 saturated carbocycles. The molecule has 0 saturated heterocycles. The lowest BCUT2D eigenvalue weighted by Gasteiger charge is -2.07. The van der Waals surface area contributed by atoms with E-state index in [-0.39, 0.29) is 24.2 Å². The zero-order chi connectivity index (χ0) is 20.1. The molecule has 1 aromatic carbocycles. The van der Waals surface area contributed by atoms with Gasteiger partial charge in [0, 0.05) is 11.4 Å². The number of hydrogen-bond donors (Lipinski definition) is 1. The number of ketones is 1. The van der Waals surface area contributed by atoms with Gasteiger partial charge in [0.05, 0.1) is 34.2 Å². The number of nitrogens with one attached hydrogen (secondary N) is 1. The Morgan fingerprint density at radius 3 is 2.30 bits per heavy atom. The summed E-state index contributed by atoms with van der Waals surface area (Å²) in [7, 11) is 0. The zero-order valence-corrected chi connectivity index (χ0v) is 16.7. The second-order valence-electron chi connectivity index (χ2n) is 5.85. The van der Waals surface area contributed by atoms with E-state index in [4.69, 9.17) is 32.7 Å². The molecule has 2 rings (SSSR count). The zero-order valence-electron chi connectivity index (χ0n) is 15.2. The maximum absolute atomic E-state index is 12.5. The highest BCUT2D eigenvalue weighted by Crippen LogP contribution is 2.23. The smallest absolute Gasteiger partial charge is 0.340 e. The first-order chi connectivity index (χ1) is 12.7. The van der Waals surface area contributed by atoms with Gasteiger partial charge >= 0.3 is 11.9 Å². The lowest BCUT2D eigenvalue weighted by atomic mass is 10.1. The molecule has 0 aliphatic heterocycles. The molecular weight excluding hydrogens is 393 g/mol. The summed E-state index contributed by atoms with van der Waals surface area (Å²) < 4.78 is 10.1. The number of aromatic nitrogens is 1. The van der Waals surface area contributed by atoms with Crippen LogP contribution in [-0.2, 0) is 20.7 Å². The van der Waals surface area contributed by atoms with Gasteiger partial charge in [0.25, 0.3) is 0 Å². The number of aromatic amines is 1. The van der Waals surface area contributed by atoms with Crippen molar-refractivity contribution in [3.8, 4) is 0 Å². The Labute approximate surface area is 166 Å². The van der Waals surface area contributed by atoms with Crippen molar-refractivity contribution in [2.24, 2.45) is 0 Å². The second kappa shape index (κ2) is 9.06. The normalized spacial score (nSPS) is 10.6. The molecular formula is C19H19Cl2NO5. The fourth-order valence-electron chi connectivity index (χ4n) is 2.67. The lowest BCUT2D eigenvalue weighted by molar-refractivity contribution is -0.141. The summed E-state index contributed by atoms with van der Waals surface area (Å²) in [4.78, 5) is 39.6. The third-order valence-electron chi connectivity index (χ3n) is 3.83. The summed E-state index contributed by atoms with van der Waals surface area (Å²) in [5.41, 5.74) is 1.99. The Hall–Kier alpha value is -2.31. The van der Waals surface area contributed by atoms with Crippen LogP contribution in [0, 0.1) is 13.8 Å². The van der Waals surface area contributed by atoms with Crippen LogP contribution in [0.2, 0.25) is 10.0 Å². The van der Waals surface area contributed by atoms with E-state index >= 15 is 0 Å². The Bertz CT molecular complexity index is 888. The summed E-state index contributed by atoms with van der Waals surface area (Å²) in [5.74, 6) is -1.67. The standard InChI is InChI=1S/C19H19Cl2NO5/c1-4-26-19(25)18-11(3)22-10(2)17(18)15(23)9-27-16(24)8-12-5-6-13(20)14(21)7-12/h5-7,22H,4,8-9H2,1-3H3. The van der Waals surface area contributed by atoms with E-state index in [1.54, 1.807) is 39.0 Å². The molecule has 8 heteroatoms. The van der Waals surface area contributed by atoms with E-state index < -0.39 is 24.3 Å². The van der Waals surface area contributed by atoms with Crippen molar-refractivity contribution < 1.29 is 23.9 Å². The van der Waals surface area contributed by atoms with Crippen molar-refractivity contribution in [2.75, 3.05) is 13.2 Å². The maximum atomic E-state index is 12.5. The average Bonchev–Trinajstić information content (AvgIpc) is 2.90.